The SMILES string of the molecule is O=C(CCc1c(-c2ccccc2)[nH]c2c(C3CCOC3)cccc12)NC1CCNC1=O. The zero-order valence-electron chi connectivity index (χ0n) is 17.4. The van der Waals surface area contributed by atoms with Gasteiger partial charge in [-0.25, -0.2) is 0 Å². The van der Waals surface area contributed by atoms with Crippen LogP contribution in [0.5, 0.6) is 0 Å². The average Bonchev–Trinajstić information content (AvgIpc) is 3.53. The third-order valence-electron chi connectivity index (χ3n) is 6.39. The van der Waals surface area contributed by atoms with Crippen molar-refractivity contribution in [1.29, 1.82) is 0 Å². The third kappa shape index (κ3) is 3.95. The molecule has 0 saturated carbocycles. The standard InChI is InChI=1S/C25H27N3O3/c29-22(27-21-11-13-26-25(21)30)10-9-20-19-8-4-7-18(17-12-14-31-15-17)24(19)28-23(20)16-5-2-1-3-6-16/h1-8,17,21,28H,9-15H2,(H,26,30)(H,27,29). The molecule has 0 spiro atoms. The molecule has 160 valence electrons. The van der Waals surface area contributed by atoms with Crippen LogP contribution in [0.2, 0.25) is 0 Å². The van der Waals surface area contributed by atoms with Gasteiger partial charge in [-0.15, -0.1) is 0 Å². The van der Waals surface area contributed by atoms with E-state index in [1.807, 2.05) is 18.2 Å². The van der Waals surface area contributed by atoms with Crippen molar-refractivity contribution in [3.63, 3.8) is 0 Å². The summed E-state index contributed by atoms with van der Waals surface area (Å²) in [5.74, 6) is 0.215. The molecule has 3 aromatic rings. The average molecular weight is 418 g/mol. The van der Waals surface area contributed by atoms with Crippen LogP contribution in [-0.2, 0) is 20.7 Å². The summed E-state index contributed by atoms with van der Waals surface area (Å²) in [5.41, 5.74) is 5.74. The second-order valence-electron chi connectivity index (χ2n) is 8.37. The molecule has 2 aromatic carbocycles. The Morgan fingerprint density at radius 2 is 1.97 bits per heavy atom. The highest BCUT2D eigenvalue weighted by atomic mass is 16.5. The van der Waals surface area contributed by atoms with E-state index in [4.69, 9.17) is 4.74 Å². The minimum atomic E-state index is -0.405. The number of H-pyrrole nitrogens is 1. The number of aryl methyl sites for hydroxylation is 1. The maximum atomic E-state index is 12.6. The summed E-state index contributed by atoms with van der Waals surface area (Å²) in [4.78, 5) is 28.0. The number of benzene rings is 2. The molecule has 0 aliphatic carbocycles. The predicted octanol–water partition coefficient (Wildman–Crippen LogP) is 3.28. The zero-order chi connectivity index (χ0) is 21.2. The maximum Gasteiger partial charge on any atom is 0.242 e. The van der Waals surface area contributed by atoms with Gasteiger partial charge in [-0.3, -0.25) is 9.59 Å². The molecule has 31 heavy (non-hydrogen) atoms. The molecule has 2 saturated heterocycles. The Morgan fingerprint density at radius 1 is 1.10 bits per heavy atom. The fourth-order valence-electron chi connectivity index (χ4n) is 4.76. The molecule has 0 bridgehead atoms. The number of rotatable bonds is 6. The van der Waals surface area contributed by atoms with Gasteiger partial charge in [-0.1, -0.05) is 48.5 Å². The van der Waals surface area contributed by atoms with Crippen molar-refractivity contribution in [3.8, 4) is 11.3 Å². The van der Waals surface area contributed by atoms with Crippen molar-refractivity contribution >= 4 is 22.7 Å². The molecule has 2 fully saturated rings. The molecule has 2 aliphatic rings. The highest BCUT2D eigenvalue weighted by molar-refractivity contribution is 5.94. The molecule has 2 unspecified atom stereocenters. The van der Waals surface area contributed by atoms with Crippen LogP contribution in [0, 0.1) is 0 Å². The Morgan fingerprint density at radius 3 is 2.71 bits per heavy atom. The molecule has 3 N–H and O–H groups in total. The Hall–Kier alpha value is -3.12. The van der Waals surface area contributed by atoms with E-state index in [9.17, 15) is 9.59 Å². The number of aromatic nitrogens is 1. The Bertz CT molecular complexity index is 1100. The fourth-order valence-corrected chi connectivity index (χ4v) is 4.76. The van der Waals surface area contributed by atoms with Crippen LogP contribution in [-0.4, -0.2) is 42.6 Å². The minimum absolute atomic E-state index is 0.0873. The van der Waals surface area contributed by atoms with Crippen molar-refractivity contribution in [1.82, 2.24) is 15.6 Å². The van der Waals surface area contributed by atoms with E-state index in [2.05, 4.69) is 45.9 Å². The van der Waals surface area contributed by atoms with Crippen LogP contribution < -0.4 is 10.6 Å². The van der Waals surface area contributed by atoms with Gasteiger partial charge in [0.1, 0.15) is 6.04 Å². The number of hydrogen-bond donors (Lipinski definition) is 3. The third-order valence-corrected chi connectivity index (χ3v) is 6.39. The van der Waals surface area contributed by atoms with Gasteiger partial charge in [0.25, 0.3) is 0 Å². The first-order valence-corrected chi connectivity index (χ1v) is 11.0. The van der Waals surface area contributed by atoms with Crippen LogP contribution in [0.1, 0.15) is 36.3 Å². The normalized spacial score (nSPS) is 20.8. The lowest BCUT2D eigenvalue weighted by atomic mass is 9.94. The van der Waals surface area contributed by atoms with Crippen molar-refractivity contribution in [2.45, 2.75) is 37.6 Å². The predicted molar refractivity (Wildman–Crippen MR) is 120 cm³/mol. The molecular formula is C25H27N3O3. The van der Waals surface area contributed by atoms with Crippen LogP contribution in [0.15, 0.2) is 48.5 Å². The molecular weight excluding hydrogens is 390 g/mol. The van der Waals surface area contributed by atoms with Gasteiger partial charge in [0, 0.05) is 42.1 Å². The summed E-state index contributed by atoms with van der Waals surface area (Å²) in [6, 6.07) is 16.3. The summed E-state index contributed by atoms with van der Waals surface area (Å²) < 4.78 is 5.63. The smallest absolute Gasteiger partial charge is 0.242 e. The molecule has 1 aromatic heterocycles. The molecule has 0 radical (unpaired) electrons. The van der Waals surface area contributed by atoms with Crippen LogP contribution in [0.3, 0.4) is 0 Å². The van der Waals surface area contributed by atoms with Gasteiger partial charge in [0.15, 0.2) is 0 Å². The van der Waals surface area contributed by atoms with Gasteiger partial charge in [-0.05, 0) is 36.0 Å². The fraction of sp³-hybridized carbons (Fsp3) is 0.360. The van der Waals surface area contributed by atoms with Crippen molar-refractivity contribution in [3.05, 3.63) is 59.7 Å². The first kappa shape index (κ1) is 19.8. The lowest BCUT2D eigenvalue weighted by Gasteiger charge is -2.11. The first-order chi connectivity index (χ1) is 15.2. The summed E-state index contributed by atoms with van der Waals surface area (Å²) in [6.45, 7) is 2.17. The number of ether oxygens (including phenoxy) is 1. The molecule has 2 atom stereocenters. The van der Waals surface area contributed by atoms with E-state index in [0.717, 1.165) is 47.4 Å². The van der Waals surface area contributed by atoms with Gasteiger partial charge in [0.05, 0.1) is 6.61 Å². The van der Waals surface area contributed by atoms with E-state index < -0.39 is 6.04 Å². The lowest BCUT2D eigenvalue weighted by Crippen LogP contribution is -2.40. The molecule has 6 heteroatoms. The number of aromatic amines is 1. The molecule has 5 rings (SSSR count). The second-order valence-corrected chi connectivity index (χ2v) is 8.37. The van der Waals surface area contributed by atoms with Crippen LogP contribution in [0.4, 0.5) is 0 Å². The Kier molecular flexibility index (Phi) is 5.47. The van der Waals surface area contributed by atoms with Gasteiger partial charge >= 0.3 is 0 Å². The number of amides is 2. The van der Waals surface area contributed by atoms with E-state index >= 15 is 0 Å². The van der Waals surface area contributed by atoms with E-state index in [-0.39, 0.29) is 11.8 Å². The number of hydrogen-bond acceptors (Lipinski definition) is 3. The number of para-hydroxylation sites is 1. The van der Waals surface area contributed by atoms with Crippen molar-refractivity contribution < 1.29 is 14.3 Å². The lowest BCUT2D eigenvalue weighted by molar-refractivity contribution is -0.127. The van der Waals surface area contributed by atoms with Gasteiger partial charge in [0.2, 0.25) is 11.8 Å². The highest BCUT2D eigenvalue weighted by Crippen LogP contribution is 2.37. The monoisotopic (exact) mass is 417 g/mol. The van der Waals surface area contributed by atoms with E-state index in [0.29, 0.717) is 31.7 Å². The van der Waals surface area contributed by atoms with E-state index in [1.165, 1.54) is 5.56 Å². The van der Waals surface area contributed by atoms with E-state index in [1.54, 1.807) is 0 Å². The summed E-state index contributed by atoms with van der Waals surface area (Å²) >= 11 is 0. The topological polar surface area (TPSA) is 83.2 Å². The molecule has 2 amide bonds. The quantitative estimate of drug-likeness (QED) is 0.576. The highest BCUT2D eigenvalue weighted by Gasteiger charge is 2.26. The number of carbonyl (C=O) groups excluding carboxylic acids is 2. The summed E-state index contributed by atoms with van der Waals surface area (Å²) in [7, 11) is 0. The summed E-state index contributed by atoms with van der Waals surface area (Å²) in [5, 5.41) is 6.80. The molecule has 6 nitrogen and oxygen atoms in total. The molecule has 3 heterocycles. The number of nitrogens with one attached hydrogen (secondary N) is 3. The van der Waals surface area contributed by atoms with Crippen molar-refractivity contribution in [2.75, 3.05) is 19.8 Å². The first-order valence-electron chi connectivity index (χ1n) is 11.0. The largest absolute Gasteiger partial charge is 0.381 e. The minimum Gasteiger partial charge on any atom is -0.381 e. The van der Waals surface area contributed by atoms with Crippen LogP contribution in [0.25, 0.3) is 22.2 Å². The maximum absolute atomic E-state index is 12.6. The zero-order valence-corrected chi connectivity index (χ0v) is 17.4. The summed E-state index contributed by atoms with van der Waals surface area (Å²) in [6.07, 6.45) is 2.63. The Balaban J connectivity index is 1.47. The van der Waals surface area contributed by atoms with Crippen LogP contribution >= 0.6 is 0 Å². The molecule has 2 aliphatic heterocycles. The Labute approximate surface area is 181 Å². The number of fused-ring (bicyclic) bond motifs is 1. The van der Waals surface area contributed by atoms with Crippen molar-refractivity contribution in [2.24, 2.45) is 0 Å². The second kappa shape index (κ2) is 8.55. The van der Waals surface area contributed by atoms with Gasteiger partial charge < -0.3 is 20.4 Å². The van der Waals surface area contributed by atoms with Gasteiger partial charge in [-0.2, -0.15) is 0 Å². The number of carbonyl (C=O) groups is 2.